The second-order valence-electron chi connectivity index (χ2n) is 6.90. The molecule has 0 radical (unpaired) electrons. The number of carbonyl (C=O) groups is 1. The minimum atomic E-state index is -3.61. The minimum absolute atomic E-state index is 0.152. The highest BCUT2D eigenvalue weighted by Crippen LogP contribution is 2.30. The Morgan fingerprint density at radius 3 is 2.43 bits per heavy atom. The zero-order chi connectivity index (χ0) is 20.5. The number of amides is 1. The predicted octanol–water partition coefficient (Wildman–Crippen LogP) is 4.86. The molecule has 0 aliphatic carbocycles. The van der Waals surface area contributed by atoms with Crippen LogP contribution in [0.1, 0.15) is 35.2 Å². The van der Waals surface area contributed by atoms with Gasteiger partial charge in [0.05, 0.1) is 15.6 Å². The number of nitrogens with zero attached hydrogens (tertiary/aromatic N) is 2. The number of aryl methyl sites for hydroxylation is 1. The molecule has 0 saturated carbocycles. The Kier molecular flexibility index (Phi) is 6.49. The molecule has 150 valence electrons. The molecular formula is C20H22BrClN2O3S. The van der Waals surface area contributed by atoms with Crippen LogP contribution < -0.4 is 4.90 Å². The molecule has 0 N–H and O–H groups in total. The summed E-state index contributed by atoms with van der Waals surface area (Å²) < 4.78 is 28.3. The molecule has 5 nitrogen and oxygen atoms in total. The first-order valence-corrected chi connectivity index (χ1v) is 11.7. The zero-order valence-electron chi connectivity index (χ0n) is 15.8. The summed E-state index contributed by atoms with van der Waals surface area (Å²) in [6.45, 7) is 2.84. The van der Waals surface area contributed by atoms with Gasteiger partial charge in [0, 0.05) is 30.2 Å². The predicted molar refractivity (Wildman–Crippen MR) is 116 cm³/mol. The fourth-order valence-corrected chi connectivity index (χ4v) is 5.63. The van der Waals surface area contributed by atoms with E-state index in [1.165, 1.54) is 15.3 Å². The topological polar surface area (TPSA) is 57.7 Å². The van der Waals surface area contributed by atoms with Crippen molar-refractivity contribution in [2.45, 2.75) is 31.1 Å². The van der Waals surface area contributed by atoms with Gasteiger partial charge in [-0.3, -0.25) is 4.79 Å². The van der Waals surface area contributed by atoms with Gasteiger partial charge >= 0.3 is 0 Å². The summed E-state index contributed by atoms with van der Waals surface area (Å²) in [7, 11) is -1.98. The third-order valence-corrected chi connectivity index (χ3v) is 7.66. The average Bonchev–Trinajstić information content (AvgIpc) is 2.68. The maximum absolute atomic E-state index is 13.1. The number of halogens is 2. The van der Waals surface area contributed by atoms with E-state index in [1.54, 1.807) is 44.3 Å². The number of hydrogen-bond donors (Lipinski definition) is 0. The quantitative estimate of drug-likeness (QED) is 0.621. The number of hydrogen-bond acceptors (Lipinski definition) is 3. The second-order valence-corrected chi connectivity index (χ2v) is 10.2. The third-order valence-electron chi connectivity index (χ3n) is 4.97. The van der Waals surface area contributed by atoms with E-state index in [2.05, 4.69) is 15.9 Å². The monoisotopic (exact) mass is 484 g/mol. The fraction of sp³-hybridized carbons (Fsp3) is 0.350. The van der Waals surface area contributed by atoms with E-state index in [0.29, 0.717) is 34.9 Å². The summed E-state index contributed by atoms with van der Waals surface area (Å²) in [5.74, 6) is -0.308. The van der Waals surface area contributed by atoms with Crippen LogP contribution in [0.3, 0.4) is 0 Å². The normalized spacial score (nSPS) is 15.4. The molecule has 28 heavy (non-hydrogen) atoms. The standard InChI is InChI=1S/C20H22BrClN2O3S/c1-14-6-8-16(28(26,27)24-10-4-3-5-11-24)13-17(14)20(25)23(2)19-9-7-15(21)12-18(19)22/h6-9,12-13H,3-5,10-11H2,1-2H3. The van der Waals surface area contributed by atoms with Crippen molar-refractivity contribution in [3.63, 3.8) is 0 Å². The Balaban J connectivity index is 1.95. The summed E-state index contributed by atoms with van der Waals surface area (Å²) in [5.41, 5.74) is 1.61. The Hall–Kier alpha value is -1.41. The first kappa shape index (κ1) is 21.3. The Morgan fingerprint density at radius 2 is 1.79 bits per heavy atom. The molecule has 1 saturated heterocycles. The summed E-state index contributed by atoms with van der Waals surface area (Å²) in [6, 6.07) is 9.99. The van der Waals surface area contributed by atoms with Gasteiger partial charge in [0.2, 0.25) is 10.0 Å². The van der Waals surface area contributed by atoms with Crippen LogP contribution in [-0.2, 0) is 10.0 Å². The summed E-state index contributed by atoms with van der Waals surface area (Å²) in [5, 5.41) is 0.431. The first-order chi connectivity index (χ1) is 13.2. The Morgan fingerprint density at radius 1 is 1.11 bits per heavy atom. The Bertz CT molecular complexity index is 1000. The maximum atomic E-state index is 13.1. The lowest BCUT2D eigenvalue weighted by Crippen LogP contribution is -2.36. The van der Waals surface area contributed by atoms with Crippen LogP contribution in [0.4, 0.5) is 5.69 Å². The molecule has 0 bridgehead atoms. The highest BCUT2D eigenvalue weighted by atomic mass is 79.9. The van der Waals surface area contributed by atoms with E-state index in [9.17, 15) is 13.2 Å². The van der Waals surface area contributed by atoms with Gasteiger partial charge in [-0.15, -0.1) is 0 Å². The lowest BCUT2D eigenvalue weighted by atomic mass is 10.1. The molecule has 1 aliphatic rings. The lowest BCUT2D eigenvalue weighted by Gasteiger charge is -2.26. The third kappa shape index (κ3) is 4.27. The average molecular weight is 486 g/mol. The largest absolute Gasteiger partial charge is 0.310 e. The molecule has 0 aromatic heterocycles. The van der Waals surface area contributed by atoms with Crippen LogP contribution >= 0.6 is 27.5 Å². The molecular weight excluding hydrogens is 464 g/mol. The van der Waals surface area contributed by atoms with Gasteiger partial charge in [0.15, 0.2) is 0 Å². The van der Waals surface area contributed by atoms with Crippen molar-refractivity contribution in [1.82, 2.24) is 4.31 Å². The van der Waals surface area contributed by atoms with Crippen molar-refractivity contribution >= 4 is 49.1 Å². The van der Waals surface area contributed by atoms with Gasteiger partial charge in [0.25, 0.3) is 5.91 Å². The molecule has 2 aromatic carbocycles. The molecule has 3 rings (SSSR count). The molecule has 1 amide bonds. The molecule has 1 fully saturated rings. The van der Waals surface area contributed by atoms with Gasteiger partial charge in [-0.1, -0.05) is 40.0 Å². The SMILES string of the molecule is Cc1ccc(S(=O)(=O)N2CCCCC2)cc1C(=O)N(C)c1ccc(Br)cc1Cl. The zero-order valence-corrected chi connectivity index (χ0v) is 18.9. The van der Waals surface area contributed by atoms with Crippen LogP contribution in [0.2, 0.25) is 5.02 Å². The van der Waals surface area contributed by atoms with E-state index >= 15 is 0 Å². The molecule has 0 unspecified atom stereocenters. The van der Waals surface area contributed by atoms with E-state index in [4.69, 9.17) is 11.6 Å². The van der Waals surface area contributed by atoms with Crippen molar-refractivity contribution in [2.24, 2.45) is 0 Å². The highest BCUT2D eigenvalue weighted by Gasteiger charge is 2.28. The van der Waals surface area contributed by atoms with Gasteiger partial charge in [-0.25, -0.2) is 8.42 Å². The van der Waals surface area contributed by atoms with Crippen molar-refractivity contribution < 1.29 is 13.2 Å². The number of benzene rings is 2. The van der Waals surface area contributed by atoms with E-state index in [0.717, 1.165) is 23.7 Å². The highest BCUT2D eigenvalue weighted by molar-refractivity contribution is 9.10. The van der Waals surface area contributed by atoms with E-state index in [1.807, 2.05) is 0 Å². The first-order valence-electron chi connectivity index (χ1n) is 9.06. The molecule has 1 aliphatic heterocycles. The summed E-state index contributed by atoms with van der Waals surface area (Å²) in [4.78, 5) is 14.7. The van der Waals surface area contributed by atoms with E-state index in [-0.39, 0.29) is 10.8 Å². The number of sulfonamides is 1. The molecule has 0 spiro atoms. The molecule has 0 atom stereocenters. The van der Waals surface area contributed by atoms with Crippen LogP contribution in [0.15, 0.2) is 45.8 Å². The number of anilines is 1. The second kappa shape index (κ2) is 8.53. The Labute approximate surface area is 179 Å². The van der Waals surface area contributed by atoms with Gasteiger partial charge in [-0.05, 0) is 55.7 Å². The molecule has 2 aromatic rings. The summed E-state index contributed by atoms with van der Waals surface area (Å²) >= 11 is 9.62. The van der Waals surface area contributed by atoms with Gasteiger partial charge < -0.3 is 4.90 Å². The fourth-order valence-electron chi connectivity index (χ4n) is 3.29. The minimum Gasteiger partial charge on any atom is -0.310 e. The number of carbonyl (C=O) groups excluding carboxylic acids is 1. The number of rotatable bonds is 4. The number of piperidine rings is 1. The summed E-state index contributed by atoms with van der Waals surface area (Å²) in [6.07, 6.45) is 2.77. The van der Waals surface area contributed by atoms with Crippen molar-refractivity contribution in [1.29, 1.82) is 0 Å². The van der Waals surface area contributed by atoms with Crippen LogP contribution in [0.25, 0.3) is 0 Å². The maximum Gasteiger partial charge on any atom is 0.258 e. The van der Waals surface area contributed by atoms with Crippen molar-refractivity contribution in [3.05, 3.63) is 57.0 Å². The lowest BCUT2D eigenvalue weighted by molar-refractivity contribution is 0.0992. The van der Waals surface area contributed by atoms with Crippen molar-refractivity contribution in [2.75, 3.05) is 25.0 Å². The van der Waals surface area contributed by atoms with Crippen molar-refractivity contribution in [3.8, 4) is 0 Å². The van der Waals surface area contributed by atoms with Crippen LogP contribution in [0, 0.1) is 6.92 Å². The van der Waals surface area contributed by atoms with E-state index < -0.39 is 10.0 Å². The van der Waals surface area contributed by atoms with Gasteiger partial charge in [0.1, 0.15) is 0 Å². The smallest absolute Gasteiger partial charge is 0.258 e. The molecule has 1 heterocycles. The van der Waals surface area contributed by atoms with Crippen LogP contribution in [0.5, 0.6) is 0 Å². The van der Waals surface area contributed by atoms with Gasteiger partial charge in [-0.2, -0.15) is 4.31 Å². The molecule has 8 heteroatoms. The van der Waals surface area contributed by atoms with Crippen LogP contribution in [-0.4, -0.2) is 38.8 Å².